The van der Waals surface area contributed by atoms with Crippen molar-refractivity contribution in [3.63, 3.8) is 0 Å². The van der Waals surface area contributed by atoms with E-state index in [1.165, 1.54) is 17.4 Å². The van der Waals surface area contributed by atoms with Gasteiger partial charge in [-0.25, -0.2) is 9.37 Å². The molecule has 1 aliphatic heterocycles. The average molecular weight is 316 g/mol. The van der Waals surface area contributed by atoms with Crippen LogP contribution in [0.5, 0.6) is 0 Å². The van der Waals surface area contributed by atoms with Gasteiger partial charge >= 0.3 is 0 Å². The van der Waals surface area contributed by atoms with Crippen molar-refractivity contribution in [2.75, 3.05) is 36.0 Å². The lowest BCUT2D eigenvalue weighted by Gasteiger charge is -2.36. The molecule has 0 saturated carbocycles. The van der Waals surface area contributed by atoms with Gasteiger partial charge in [0.15, 0.2) is 11.4 Å². The normalized spacial score (nSPS) is 14.7. The van der Waals surface area contributed by atoms with Gasteiger partial charge in [0.2, 0.25) is 0 Å². The lowest BCUT2D eigenvalue weighted by Crippen LogP contribution is -2.46. The van der Waals surface area contributed by atoms with E-state index in [-0.39, 0.29) is 5.82 Å². The van der Waals surface area contributed by atoms with Gasteiger partial charge in [-0.1, -0.05) is 11.3 Å². The highest BCUT2D eigenvalue weighted by Crippen LogP contribution is 2.26. The van der Waals surface area contributed by atoms with Crippen LogP contribution in [-0.2, 0) is 0 Å². The van der Waals surface area contributed by atoms with Gasteiger partial charge in [0.05, 0.1) is 28.4 Å². The topological polar surface area (TPSA) is 60.2 Å². The molecule has 1 aliphatic rings. The molecule has 1 aromatic carbocycles. The lowest BCUT2D eigenvalue weighted by atomic mass is 10.2. The third kappa shape index (κ3) is 2.78. The van der Waals surface area contributed by atoms with Crippen molar-refractivity contribution in [1.29, 1.82) is 5.26 Å². The summed E-state index contributed by atoms with van der Waals surface area (Å²) in [5.74, 6) is -0.370. The first-order valence-corrected chi connectivity index (χ1v) is 7.63. The standard InChI is InChI=1S/C15H13FN4OS/c16-13-7-11(8-17)1-2-14(13)19-3-5-20(6-4-19)15-18-9-12(10-21)22-15/h1-2,7,9-10H,3-6H2. The number of thiazole rings is 1. The zero-order valence-electron chi connectivity index (χ0n) is 11.7. The number of anilines is 2. The Morgan fingerprint density at radius 2 is 2.00 bits per heavy atom. The minimum absolute atomic E-state index is 0.323. The van der Waals surface area contributed by atoms with Crippen LogP contribution < -0.4 is 9.80 Å². The lowest BCUT2D eigenvalue weighted by molar-refractivity contribution is 0.112. The number of piperazine rings is 1. The first-order chi connectivity index (χ1) is 10.7. The molecule has 22 heavy (non-hydrogen) atoms. The molecule has 1 saturated heterocycles. The Bertz CT molecular complexity index is 731. The van der Waals surface area contributed by atoms with Crippen LogP contribution in [0.1, 0.15) is 15.2 Å². The Balaban J connectivity index is 1.69. The van der Waals surface area contributed by atoms with Crippen molar-refractivity contribution < 1.29 is 9.18 Å². The van der Waals surface area contributed by atoms with Gasteiger partial charge in [0, 0.05) is 26.2 Å². The third-order valence-electron chi connectivity index (χ3n) is 3.60. The van der Waals surface area contributed by atoms with Gasteiger partial charge in [-0.15, -0.1) is 0 Å². The number of rotatable bonds is 3. The van der Waals surface area contributed by atoms with Gasteiger partial charge in [-0.3, -0.25) is 4.79 Å². The Morgan fingerprint density at radius 3 is 2.59 bits per heavy atom. The van der Waals surface area contributed by atoms with Crippen LogP contribution in [0.2, 0.25) is 0 Å². The number of nitriles is 1. The molecule has 0 atom stereocenters. The van der Waals surface area contributed by atoms with E-state index in [9.17, 15) is 9.18 Å². The number of aromatic nitrogens is 1. The summed E-state index contributed by atoms with van der Waals surface area (Å²) in [6, 6.07) is 6.47. The quantitative estimate of drug-likeness (QED) is 0.813. The number of hydrogen-bond acceptors (Lipinski definition) is 6. The third-order valence-corrected chi connectivity index (χ3v) is 4.58. The largest absolute Gasteiger partial charge is 0.366 e. The summed E-state index contributed by atoms with van der Waals surface area (Å²) in [5, 5.41) is 9.60. The number of aldehydes is 1. The summed E-state index contributed by atoms with van der Waals surface area (Å²) in [5.41, 5.74) is 0.843. The van der Waals surface area contributed by atoms with Crippen LogP contribution in [-0.4, -0.2) is 37.4 Å². The highest BCUT2D eigenvalue weighted by Gasteiger charge is 2.21. The molecule has 0 bridgehead atoms. The van der Waals surface area contributed by atoms with Crippen molar-refractivity contribution in [1.82, 2.24) is 4.98 Å². The van der Waals surface area contributed by atoms with Crippen molar-refractivity contribution >= 4 is 28.4 Å². The van der Waals surface area contributed by atoms with Crippen LogP contribution in [0.25, 0.3) is 0 Å². The summed E-state index contributed by atoms with van der Waals surface area (Å²) in [6.45, 7) is 2.76. The van der Waals surface area contributed by atoms with Crippen LogP contribution in [0, 0.1) is 17.1 Å². The maximum atomic E-state index is 14.0. The highest BCUT2D eigenvalue weighted by atomic mass is 32.1. The Hall–Kier alpha value is -2.46. The fraction of sp³-hybridized carbons (Fsp3) is 0.267. The highest BCUT2D eigenvalue weighted by molar-refractivity contribution is 7.17. The summed E-state index contributed by atoms with van der Waals surface area (Å²) in [6.07, 6.45) is 2.36. The van der Waals surface area contributed by atoms with Crippen molar-refractivity contribution in [2.24, 2.45) is 0 Å². The van der Waals surface area contributed by atoms with Gasteiger partial charge in [-0.05, 0) is 18.2 Å². The van der Waals surface area contributed by atoms with Gasteiger partial charge in [-0.2, -0.15) is 5.26 Å². The van der Waals surface area contributed by atoms with Gasteiger partial charge < -0.3 is 9.80 Å². The molecule has 2 aromatic rings. The molecule has 1 aromatic heterocycles. The number of carbonyl (C=O) groups excluding carboxylic acids is 1. The number of benzene rings is 1. The first kappa shape index (κ1) is 14.5. The summed E-state index contributed by atoms with van der Waals surface area (Å²) in [4.78, 5) is 19.6. The Morgan fingerprint density at radius 1 is 1.27 bits per heavy atom. The average Bonchev–Trinajstić information content (AvgIpc) is 3.04. The molecule has 5 nitrogen and oxygen atoms in total. The molecular weight excluding hydrogens is 303 g/mol. The number of nitrogens with zero attached hydrogens (tertiary/aromatic N) is 4. The second-order valence-corrected chi connectivity index (χ2v) is 5.96. The van der Waals surface area contributed by atoms with E-state index in [1.54, 1.807) is 18.3 Å². The van der Waals surface area contributed by atoms with Crippen LogP contribution in [0.15, 0.2) is 24.4 Å². The number of carbonyl (C=O) groups is 1. The van der Waals surface area contributed by atoms with E-state index < -0.39 is 0 Å². The SMILES string of the molecule is N#Cc1ccc(N2CCN(c3ncc(C=O)s3)CC2)c(F)c1. The van der Waals surface area contributed by atoms with Crippen LogP contribution in [0.4, 0.5) is 15.2 Å². The second-order valence-electron chi connectivity index (χ2n) is 4.92. The molecule has 7 heteroatoms. The van der Waals surface area contributed by atoms with Gasteiger partial charge in [0.1, 0.15) is 5.82 Å². The molecule has 2 heterocycles. The summed E-state index contributed by atoms with van der Waals surface area (Å²) < 4.78 is 14.0. The smallest absolute Gasteiger partial charge is 0.186 e. The maximum absolute atomic E-state index is 14.0. The predicted molar refractivity (Wildman–Crippen MR) is 83.0 cm³/mol. The zero-order valence-corrected chi connectivity index (χ0v) is 12.5. The van der Waals surface area contributed by atoms with Crippen LogP contribution in [0.3, 0.4) is 0 Å². The molecule has 0 aliphatic carbocycles. The monoisotopic (exact) mass is 316 g/mol. The van der Waals surface area contributed by atoms with E-state index in [0.29, 0.717) is 42.3 Å². The number of halogens is 1. The molecule has 0 spiro atoms. The van der Waals surface area contributed by atoms with Crippen LogP contribution >= 0.6 is 11.3 Å². The summed E-state index contributed by atoms with van der Waals surface area (Å²) >= 11 is 1.36. The molecule has 0 amide bonds. The molecular formula is C15H13FN4OS. The van der Waals surface area contributed by atoms with E-state index >= 15 is 0 Å². The zero-order chi connectivity index (χ0) is 15.5. The summed E-state index contributed by atoms with van der Waals surface area (Å²) in [7, 11) is 0. The molecule has 0 unspecified atom stereocenters. The van der Waals surface area contributed by atoms with E-state index in [2.05, 4.69) is 9.88 Å². The molecule has 3 rings (SSSR count). The molecule has 0 radical (unpaired) electrons. The number of hydrogen-bond donors (Lipinski definition) is 0. The first-order valence-electron chi connectivity index (χ1n) is 6.82. The predicted octanol–water partition coefficient (Wildman–Crippen LogP) is 2.29. The minimum atomic E-state index is -0.370. The Kier molecular flexibility index (Phi) is 4.02. The Labute approximate surface area is 131 Å². The van der Waals surface area contributed by atoms with E-state index in [0.717, 1.165) is 11.4 Å². The van der Waals surface area contributed by atoms with Crippen molar-refractivity contribution in [3.05, 3.63) is 40.7 Å². The second kappa shape index (κ2) is 6.12. The fourth-order valence-corrected chi connectivity index (χ4v) is 3.23. The van der Waals surface area contributed by atoms with E-state index in [1.807, 2.05) is 11.0 Å². The van der Waals surface area contributed by atoms with Crippen molar-refractivity contribution in [3.8, 4) is 6.07 Å². The van der Waals surface area contributed by atoms with Gasteiger partial charge in [0.25, 0.3) is 0 Å². The molecule has 0 N–H and O–H groups in total. The van der Waals surface area contributed by atoms with E-state index in [4.69, 9.17) is 5.26 Å². The fourth-order valence-electron chi connectivity index (χ4n) is 2.45. The van der Waals surface area contributed by atoms with Crippen molar-refractivity contribution in [2.45, 2.75) is 0 Å². The molecule has 1 fully saturated rings. The maximum Gasteiger partial charge on any atom is 0.186 e. The molecule has 112 valence electrons. The minimum Gasteiger partial charge on any atom is -0.366 e.